The van der Waals surface area contributed by atoms with Crippen LogP contribution in [0.2, 0.25) is 0 Å². The van der Waals surface area contributed by atoms with E-state index in [4.69, 9.17) is 4.42 Å². The summed E-state index contributed by atoms with van der Waals surface area (Å²) in [6.07, 6.45) is 15.4. The number of hydrogen-bond donors (Lipinski definition) is 1. The molecule has 0 atom stereocenters. The van der Waals surface area contributed by atoms with Gasteiger partial charge in [-0.25, -0.2) is 15.0 Å². The molecule has 6 aromatic rings. The molecule has 0 fully saturated rings. The predicted molar refractivity (Wildman–Crippen MR) is 182 cm³/mol. The molecule has 1 aromatic carbocycles. The van der Waals surface area contributed by atoms with Crippen LogP contribution < -0.4 is 0 Å². The lowest BCUT2D eigenvalue weighted by Gasteiger charge is -1.82. The van der Waals surface area contributed by atoms with Crippen LogP contribution in [0.25, 0.3) is 0 Å². The summed E-state index contributed by atoms with van der Waals surface area (Å²) in [5, 5.41) is 6.22. The zero-order valence-corrected chi connectivity index (χ0v) is 26.9. The minimum Gasteiger partial charge on any atom is -0.449 e. The number of oxazole rings is 1. The van der Waals surface area contributed by atoms with Crippen molar-refractivity contribution in [3.63, 3.8) is 0 Å². The Kier molecular flexibility index (Phi) is 21.6. The highest BCUT2D eigenvalue weighted by Gasteiger charge is 1.87. The highest BCUT2D eigenvalue weighted by Crippen LogP contribution is 1.90. The summed E-state index contributed by atoms with van der Waals surface area (Å²) in [4.78, 5) is 27.0. The molecule has 0 saturated heterocycles. The Morgan fingerprint density at radius 3 is 1.56 bits per heavy atom. The van der Waals surface area contributed by atoms with E-state index in [1.54, 1.807) is 50.4 Å². The first-order chi connectivity index (χ1) is 21.9. The van der Waals surface area contributed by atoms with Crippen LogP contribution in [-0.2, 0) is 0 Å². The standard InChI is InChI=1S/3C6H7N.C6H6.C4H6N2.C4H5NO.C3H5N3/c1-6-2-4-7-5-3-6;1-6-3-2-4-7-5-6;1-6-4-2-3-5-7-6;1-2-4-6-5-3-1;2*1-4-5-2-3-6-4;1-3-4-2-5-6-3/h3*2-5H,1H3;1-6H;2H,3H2,1H3;2-3H,1H3;2H,1H3,(H,4,5,6). The molecule has 10 heteroatoms. The Morgan fingerprint density at radius 2 is 1.33 bits per heavy atom. The maximum atomic E-state index is 4.72. The maximum Gasteiger partial charge on any atom is 0.190 e. The number of nitrogens with zero attached hydrogens (tertiary/aromatic N) is 8. The predicted octanol–water partition coefficient (Wildman–Crippen LogP) is 7.44. The Hall–Kier alpha value is -5.64. The van der Waals surface area contributed by atoms with E-state index >= 15 is 0 Å². The van der Waals surface area contributed by atoms with E-state index in [1.165, 1.54) is 17.5 Å². The number of benzene rings is 1. The van der Waals surface area contributed by atoms with Crippen LogP contribution in [0, 0.1) is 34.6 Å². The Bertz CT molecular complexity index is 1340. The number of H-pyrrole nitrogens is 1. The molecule has 45 heavy (non-hydrogen) atoms. The number of aryl methyl sites for hydroxylation is 5. The van der Waals surface area contributed by atoms with Crippen molar-refractivity contribution < 1.29 is 4.42 Å². The molecular formula is C35H43N9O. The van der Waals surface area contributed by atoms with Gasteiger partial charge in [0.2, 0.25) is 0 Å². The zero-order chi connectivity index (χ0) is 32.8. The summed E-state index contributed by atoms with van der Waals surface area (Å²) in [5.74, 6) is 2.47. The summed E-state index contributed by atoms with van der Waals surface area (Å²) < 4.78 is 4.72. The molecule has 5 aromatic heterocycles. The normalized spacial score (nSPS) is 9.96. The van der Waals surface area contributed by atoms with Crippen molar-refractivity contribution in [2.45, 2.75) is 41.5 Å². The van der Waals surface area contributed by atoms with Gasteiger partial charge >= 0.3 is 0 Å². The fraction of sp³-hybridized carbons (Fsp3) is 0.200. The lowest BCUT2D eigenvalue weighted by atomic mass is 10.3. The molecule has 1 aliphatic rings. The van der Waals surface area contributed by atoms with E-state index in [-0.39, 0.29) is 0 Å². The van der Waals surface area contributed by atoms with Gasteiger partial charge in [-0.3, -0.25) is 25.0 Å². The fourth-order valence-corrected chi connectivity index (χ4v) is 2.66. The molecule has 10 nitrogen and oxygen atoms in total. The number of pyridine rings is 3. The summed E-state index contributed by atoms with van der Waals surface area (Å²) in [7, 11) is 0. The van der Waals surface area contributed by atoms with E-state index < -0.39 is 0 Å². The molecule has 0 aliphatic carbocycles. The molecule has 0 unspecified atom stereocenters. The van der Waals surface area contributed by atoms with Crippen LogP contribution in [0.5, 0.6) is 0 Å². The summed E-state index contributed by atoms with van der Waals surface area (Å²) in [6, 6.07) is 25.7. The molecule has 234 valence electrons. The van der Waals surface area contributed by atoms with Gasteiger partial charge in [0.05, 0.1) is 12.7 Å². The van der Waals surface area contributed by atoms with Crippen LogP contribution in [0.15, 0.2) is 143 Å². The van der Waals surface area contributed by atoms with Crippen molar-refractivity contribution in [3.8, 4) is 0 Å². The molecule has 6 heterocycles. The number of nitrogens with one attached hydrogen (secondary N) is 1. The van der Waals surface area contributed by atoms with Gasteiger partial charge in [-0.05, 0) is 76.1 Å². The first kappa shape index (κ1) is 37.4. The smallest absolute Gasteiger partial charge is 0.190 e. The fourth-order valence-electron chi connectivity index (χ4n) is 2.66. The van der Waals surface area contributed by atoms with Gasteiger partial charge in [-0.15, -0.1) is 0 Å². The van der Waals surface area contributed by atoms with Gasteiger partial charge in [-0.2, -0.15) is 5.10 Å². The van der Waals surface area contributed by atoms with E-state index in [9.17, 15) is 0 Å². The third-order valence-electron chi connectivity index (χ3n) is 4.91. The van der Waals surface area contributed by atoms with Crippen molar-refractivity contribution in [3.05, 3.63) is 157 Å². The van der Waals surface area contributed by atoms with Crippen molar-refractivity contribution in [2.24, 2.45) is 9.98 Å². The number of amidine groups is 1. The highest BCUT2D eigenvalue weighted by atomic mass is 16.3. The maximum absolute atomic E-state index is 4.72. The minimum absolute atomic E-state index is 0.718. The number of hydrogen-bond acceptors (Lipinski definition) is 9. The second-order valence-electron chi connectivity index (χ2n) is 9.00. The van der Waals surface area contributed by atoms with Gasteiger partial charge in [-0.1, -0.05) is 48.5 Å². The molecule has 0 radical (unpaired) electrons. The van der Waals surface area contributed by atoms with Crippen LogP contribution in [0.1, 0.15) is 35.5 Å². The first-order valence-electron chi connectivity index (χ1n) is 14.2. The van der Waals surface area contributed by atoms with Gasteiger partial charge in [0.15, 0.2) is 5.89 Å². The average molecular weight is 606 g/mol. The van der Waals surface area contributed by atoms with E-state index in [2.05, 4.69) is 45.1 Å². The number of rotatable bonds is 0. The highest BCUT2D eigenvalue weighted by molar-refractivity contribution is 5.92. The summed E-state index contributed by atoms with van der Waals surface area (Å²) in [5.41, 5.74) is 3.54. The van der Waals surface area contributed by atoms with Crippen LogP contribution in [-0.4, -0.2) is 53.7 Å². The lowest BCUT2D eigenvalue weighted by molar-refractivity contribution is 0.521. The van der Waals surface area contributed by atoms with Crippen LogP contribution in [0.3, 0.4) is 0 Å². The summed E-state index contributed by atoms with van der Waals surface area (Å²) in [6.45, 7) is 12.4. The topological polar surface area (TPSA) is 131 Å². The molecule has 1 aliphatic heterocycles. The second kappa shape index (κ2) is 26.0. The van der Waals surface area contributed by atoms with Crippen LogP contribution in [0.4, 0.5) is 0 Å². The van der Waals surface area contributed by atoms with E-state index in [1.807, 2.05) is 120 Å². The molecule has 0 spiro atoms. The van der Waals surface area contributed by atoms with Crippen molar-refractivity contribution in [1.82, 2.24) is 35.1 Å². The van der Waals surface area contributed by atoms with Gasteiger partial charge < -0.3 is 4.42 Å². The van der Waals surface area contributed by atoms with Gasteiger partial charge in [0.1, 0.15) is 24.3 Å². The van der Waals surface area contributed by atoms with Gasteiger partial charge in [0, 0.05) is 49.8 Å². The number of aliphatic imine (C=N–C) groups is 2. The third-order valence-corrected chi connectivity index (χ3v) is 4.91. The van der Waals surface area contributed by atoms with Crippen molar-refractivity contribution in [2.75, 3.05) is 6.54 Å². The monoisotopic (exact) mass is 605 g/mol. The Morgan fingerprint density at radius 1 is 0.622 bits per heavy atom. The first-order valence-corrected chi connectivity index (χ1v) is 14.2. The quantitative estimate of drug-likeness (QED) is 0.190. The minimum atomic E-state index is 0.718. The Labute approximate surface area is 266 Å². The van der Waals surface area contributed by atoms with Crippen LogP contribution >= 0.6 is 0 Å². The molecule has 0 saturated carbocycles. The third kappa shape index (κ3) is 24.6. The zero-order valence-electron chi connectivity index (χ0n) is 26.9. The molecular weight excluding hydrogens is 562 g/mol. The molecule has 0 bridgehead atoms. The summed E-state index contributed by atoms with van der Waals surface area (Å²) >= 11 is 0. The lowest BCUT2D eigenvalue weighted by Crippen LogP contribution is -1.73. The molecule has 0 amide bonds. The molecule has 1 N–H and O–H groups in total. The number of aromatic nitrogens is 7. The SMILES string of the molecule is CC1=NCC=N1.Cc1ccccn1.Cc1cccnc1.Cc1ccncc1.Cc1ncco1.Cc1ncn[nH]1.c1ccccc1. The van der Waals surface area contributed by atoms with Crippen molar-refractivity contribution >= 4 is 12.1 Å². The number of aromatic amines is 1. The van der Waals surface area contributed by atoms with Gasteiger partial charge in [0.25, 0.3) is 0 Å². The van der Waals surface area contributed by atoms with E-state index in [0.717, 1.165) is 29.8 Å². The largest absolute Gasteiger partial charge is 0.449 e. The average Bonchev–Trinajstić information content (AvgIpc) is 3.87. The van der Waals surface area contributed by atoms with Crippen molar-refractivity contribution in [1.29, 1.82) is 0 Å². The second-order valence-corrected chi connectivity index (χ2v) is 9.00. The molecule has 7 rings (SSSR count). The van der Waals surface area contributed by atoms with E-state index in [0.29, 0.717) is 0 Å². The Balaban J connectivity index is 0.000000263.